The summed E-state index contributed by atoms with van der Waals surface area (Å²) in [6.07, 6.45) is 0.401. The van der Waals surface area contributed by atoms with E-state index in [9.17, 15) is 9.59 Å². The van der Waals surface area contributed by atoms with E-state index in [0.29, 0.717) is 37.3 Å². The summed E-state index contributed by atoms with van der Waals surface area (Å²) in [4.78, 5) is 28.8. The Bertz CT molecular complexity index is 824. The van der Waals surface area contributed by atoms with Crippen LogP contribution in [0.4, 0.5) is 5.69 Å². The highest BCUT2D eigenvalue weighted by Gasteiger charge is 2.21. The molecule has 1 heterocycles. The second-order valence-electron chi connectivity index (χ2n) is 7.13. The molecule has 9 heteroatoms. The number of anilines is 1. The maximum Gasteiger partial charge on any atom is 0.251 e. The van der Waals surface area contributed by atoms with Crippen LogP contribution in [0.3, 0.4) is 0 Å². The summed E-state index contributed by atoms with van der Waals surface area (Å²) >= 11 is 0. The topological polar surface area (TPSA) is 87.9 Å². The Kier molecular flexibility index (Phi) is 11.2. The van der Waals surface area contributed by atoms with Gasteiger partial charge in [0.2, 0.25) is 5.91 Å². The number of ether oxygens (including phenoxy) is 1. The van der Waals surface area contributed by atoms with E-state index in [4.69, 9.17) is 10.5 Å². The van der Waals surface area contributed by atoms with Crippen LogP contribution in [0.25, 0.3) is 0 Å². The van der Waals surface area contributed by atoms with Crippen molar-refractivity contribution in [2.75, 3.05) is 52.1 Å². The third-order valence-electron chi connectivity index (χ3n) is 5.13. The van der Waals surface area contributed by atoms with Gasteiger partial charge in [0.15, 0.2) is 0 Å². The number of nitrogens with one attached hydrogen (secondary N) is 1. The molecule has 1 saturated heterocycles. The normalized spacial score (nSPS) is 13.5. The average molecular weight is 469 g/mol. The molecule has 2 aromatic rings. The lowest BCUT2D eigenvalue weighted by atomic mass is 10.1. The number of carbonyl (C=O) groups excluding carboxylic acids is 2. The predicted octanol–water partition coefficient (Wildman–Crippen LogP) is 2.24. The number of nitrogens with zero attached hydrogens (tertiary/aromatic N) is 2. The third kappa shape index (κ3) is 7.94. The van der Waals surface area contributed by atoms with Gasteiger partial charge in [0.25, 0.3) is 5.91 Å². The van der Waals surface area contributed by atoms with Crippen molar-refractivity contribution in [2.45, 2.75) is 6.42 Å². The number of nitrogen functional groups attached to an aromatic ring is 1. The van der Waals surface area contributed by atoms with E-state index in [-0.39, 0.29) is 36.6 Å². The van der Waals surface area contributed by atoms with Crippen molar-refractivity contribution >= 4 is 42.3 Å². The zero-order valence-corrected chi connectivity index (χ0v) is 19.2. The first-order valence-electron chi connectivity index (χ1n) is 9.82. The second-order valence-corrected chi connectivity index (χ2v) is 7.13. The van der Waals surface area contributed by atoms with Crippen LogP contribution in [0.2, 0.25) is 0 Å². The molecule has 0 aliphatic carbocycles. The second kappa shape index (κ2) is 13.0. The lowest BCUT2D eigenvalue weighted by Gasteiger charge is -2.34. The molecule has 0 unspecified atom stereocenters. The summed E-state index contributed by atoms with van der Waals surface area (Å²) in [5.41, 5.74) is 7.98. The van der Waals surface area contributed by atoms with Gasteiger partial charge in [-0.05, 0) is 42.0 Å². The van der Waals surface area contributed by atoms with Gasteiger partial charge >= 0.3 is 0 Å². The zero-order valence-electron chi connectivity index (χ0n) is 17.6. The highest BCUT2D eigenvalue weighted by Crippen LogP contribution is 2.11. The molecule has 0 bridgehead atoms. The van der Waals surface area contributed by atoms with Gasteiger partial charge < -0.3 is 20.7 Å². The highest BCUT2D eigenvalue weighted by molar-refractivity contribution is 5.94. The Morgan fingerprint density at radius 1 is 0.968 bits per heavy atom. The third-order valence-corrected chi connectivity index (χ3v) is 5.13. The predicted molar refractivity (Wildman–Crippen MR) is 127 cm³/mol. The van der Waals surface area contributed by atoms with Crippen LogP contribution in [0.1, 0.15) is 15.9 Å². The molecule has 0 spiro atoms. The molecular weight excluding hydrogens is 439 g/mol. The van der Waals surface area contributed by atoms with Gasteiger partial charge in [0, 0.05) is 50.5 Å². The molecule has 0 atom stereocenters. The smallest absolute Gasteiger partial charge is 0.251 e. The van der Waals surface area contributed by atoms with Crippen LogP contribution in [-0.4, -0.2) is 68.0 Å². The number of halogens is 2. The zero-order chi connectivity index (χ0) is 20.6. The molecule has 2 amide bonds. The van der Waals surface area contributed by atoms with Crippen LogP contribution in [0, 0.1) is 0 Å². The van der Waals surface area contributed by atoms with Crippen molar-refractivity contribution in [3.8, 4) is 5.75 Å². The van der Waals surface area contributed by atoms with Crippen molar-refractivity contribution in [3.05, 3.63) is 59.7 Å². The average Bonchev–Trinajstić information content (AvgIpc) is 2.75. The monoisotopic (exact) mass is 468 g/mol. The molecule has 1 aliphatic heterocycles. The van der Waals surface area contributed by atoms with Crippen molar-refractivity contribution in [1.29, 1.82) is 0 Å². The lowest BCUT2D eigenvalue weighted by Crippen LogP contribution is -2.50. The van der Waals surface area contributed by atoms with Crippen molar-refractivity contribution in [3.63, 3.8) is 0 Å². The summed E-state index contributed by atoms with van der Waals surface area (Å²) in [5, 5.41) is 2.94. The number of hydrogen-bond donors (Lipinski definition) is 2. The Morgan fingerprint density at radius 3 is 2.16 bits per heavy atom. The van der Waals surface area contributed by atoms with Gasteiger partial charge in [0.05, 0.1) is 13.5 Å². The summed E-state index contributed by atoms with van der Waals surface area (Å²) < 4.78 is 5.10. The molecule has 3 N–H and O–H groups in total. The van der Waals surface area contributed by atoms with Crippen LogP contribution < -0.4 is 15.8 Å². The van der Waals surface area contributed by atoms with Crippen molar-refractivity contribution in [2.24, 2.45) is 0 Å². The first-order valence-corrected chi connectivity index (χ1v) is 9.82. The van der Waals surface area contributed by atoms with Gasteiger partial charge in [-0.2, -0.15) is 0 Å². The molecular formula is C22H30Cl2N4O3. The number of benzene rings is 2. The summed E-state index contributed by atoms with van der Waals surface area (Å²) in [7, 11) is 1.60. The molecule has 0 saturated carbocycles. The largest absolute Gasteiger partial charge is 0.497 e. The van der Waals surface area contributed by atoms with E-state index < -0.39 is 0 Å². The number of rotatable bonds is 7. The number of amides is 2. The minimum atomic E-state index is -0.0926. The van der Waals surface area contributed by atoms with E-state index in [0.717, 1.165) is 30.9 Å². The number of methoxy groups -OCH3 is 1. The van der Waals surface area contributed by atoms with E-state index in [2.05, 4.69) is 10.2 Å². The van der Waals surface area contributed by atoms with Gasteiger partial charge in [-0.3, -0.25) is 14.5 Å². The highest BCUT2D eigenvalue weighted by atomic mass is 35.5. The molecule has 0 radical (unpaired) electrons. The van der Waals surface area contributed by atoms with Crippen molar-refractivity contribution in [1.82, 2.24) is 15.1 Å². The van der Waals surface area contributed by atoms with Gasteiger partial charge in [-0.1, -0.05) is 12.1 Å². The van der Waals surface area contributed by atoms with E-state index >= 15 is 0 Å². The Labute approximate surface area is 195 Å². The van der Waals surface area contributed by atoms with Gasteiger partial charge in [-0.15, -0.1) is 24.8 Å². The first kappa shape index (κ1) is 26.6. The van der Waals surface area contributed by atoms with Gasteiger partial charge in [-0.25, -0.2) is 0 Å². The molecule has 7 nitrogen and oxygen atoms in total. The summed E-state index contributed by atoms with van der Waals surface area (Å²) in [6.45, 7) is 4.38. The number of nitrogens with two attached hydrogens (primary N) is 1. The fraction of sp³-hybridized carbons (Fsp3) is 0.364. The minimum absolute atomic E-state index is 0. The number of carbonyl (C=O) groups is 2. The summed E-state index contributed by atoms with van der Waals surface area (Å²) in [5.74, 6) is 0.776. The first-order chi connectivity index (χ1) is 14.0. The Morgan fingerprint density at radius 2 is 1.58 bits per heavy atom. The molecule has 31 heavy (non-hydrogen) atoms. The molecule has 1 fully saturated rings. The van der Waals surface area contributed by atoms with Crippen LogP contribution in [0.5, 0.6) is 5.75 Å². The van der Waals surface area contributed by atoms with Crippen LogP contribution in [0.15, 0.2) is 48.5 Å². The fourth-order valence-corrected chi connectivity index (χ4v) is 3.31. The minimum Gasteiger partial charge on any atom is -0.497 e. The quantitative estimate of drug-likeness (QED) is 0.608. The SMILES string of the molecule is COc1ccc(C(=O)NCCN2CCN(C(=O)Cc3ccc(N)cc3)CC2)cc1.Cl.Cl. The van der Waals surface area contributed by atoms with E-state index in [1.54, 1.807) is 31.4 Å². The molecule has 3 rings (SSSR count). The standard InChI is InChI=1S/C22H28N4O3.2ClH/c1-29-20-8-4-18(5-9-20)22(28)24-10-11-25-12-14-26(15-13-25)21(27)16-17-2-6-19(23)7-3-17;;/h2-9H,10-16,23H2,1H3,(H,24,28);2*1H. The molecule has 1 aliphatic rings. The van der Waals surface area contributed by atoms with E-state index in [1.807, 2.05) is 29.2 Å². The molecule has 0 aromatic heterocycles. The van der Waals surface area contributed by atoms with Crippen LogP contribution >= 0.6 is 24.8 Å². The Hall–Kier alpha value is -2.48. The van der Waals surface area contributed by atoms with Gasteiger partial charge in [0.1, 0.15) is 5.75 Å². The maximum absolute atomic E-state index is 12.5. The van der Waals surface area contributed by atoms with Crippen molar-refractivity contribution < 1.29 is 14.3 Å². The summed E-state index contributed by atoms with van der Waals surface area (Å²) in [6, 6.07) is 14.5. The van der Waals surface area contributed by atoms with E-state index in [1.165, 1.54) is 0 Å². The molecule has 170 valence electrons. The maximum atomic E-state index is 12.5. The fourth-order valence-electron chi connectivity index (χ4n) is 3.31. The molecule has 2 aromatic carbocycles. The number of piperazine rings is 1. The number of hydrogen-bond acceptors (Lipinski definition) is 5. The Balaban J connectivity index is 0.00000240. The lowest BCUT2D eigenvalue weighted by molar-refractivity contribution is -0.132. The van der Waals surface area contributed by atoms with Crippen LogP contribution in [-0.2, 0) is 11.2 Å².